The Bertz CT molecular complexity index is 368. The molecule has 18 heavy (non-hydrogen) atoms. The van der Waals surface area contributed by atoms with Gasteiger partial charge >= 0.3 is 0 Å². The van der Waals surface area contributed by atoms with Crippen LogP contribution in [-0.2, 0) is 0 Å². The van der Waals surface area contributed by atoms with E-state index in [1.165, 1.54) is 0 Å². The van der Waals surface area contributed by atoms with E-state index in [-0.39, 0.29) is 0 Å². The van der Waals surface area contributed by atoms with Gasteiger partial charge in [-0.25, -0.2) is 4.98 Å². The highest BCUT2D eigenvalue weighted by molar-refractivity contribution is 5.20. The predicted octanol–water partition coefficient (Wildman–Crippen LogP) is 2.68. The Hall–Kier alpha value is -1.16. The molecule has 0 amide bonds. The number of nitrogens with one attached hydrogen (secondary N) is 1. The molecule has 2 unspecified atom stereocenters. The molecule has 1 heterocycles. The van der Waals surface area contributed by atoms with Crippen LogP contribution in [0.15, 0.2) is 6.07 Å². The Kier molecular flexibility index (Phi) is 6.05. The van der Waals surface area contributed by atoms with E-state index >= 15 is 0 Å². The van der Waals surface area contributed by atoms with Crippen molar-refractivity contribution >= 4 is 0 Å². The number of aromatic nitrogens is 2. The summed E-state index contributed by atoms with van der Waals surface area (Å²) in [7, 11) is 1.64. The van der Waals surface area contributed by atoms with Crippen LogP contribution in [-0.4, -0.2) is 29.7 Å². The summed E-state index contributed by atoms with van der Waals surface area (Å²) in [6, 6.07) is 2.39. The summed E-state index contributed by atoms with van der Waals surface area (Å²) in [4.78, 5) is 8.76. The first-order valence-electron chi connectivity index (χ1n) is 6.75. The average Bonchev–Trinajstić information content (AvgIpc) is 2.38. The summed E-state index contributed by atoms with van der Waals surface area (Å²) in [6.45, 7) is 9.54. The molecule has 1 aromatic rings. The summed E-state index contributed by atoms with van der Waals surface area (Å²) in [5.74, 6) is 1.77. The molecule has 0 aromatic carbocycles. The van der Waals surface area contributed by atoms with Crippen LogP contribution in [0.4, 0.5) is 0 Å². The van der Waals surface area contributed by atoms with Crippen molar-refractivity contribution in [1.29, 1.82) is 0 Å². The lowest BCUT2D eigenvalue weighted by Crippen LogP contribution is -2.34. The number of ether oxygens (including phenoxy) is 1. The number of nitrogens with zero attached hydrogens (tertiary/aromatic N) is 2. The van der Waals surface area contributed by atoms with Crippen LogP contribution in [0.2, 0.25) is 0 Å². The minimum Gasteiger partial charge on any atom is -0.481 e. The van der Waals surface area contributed by atoms with E-state index in [9.17, 15) is 0 Å². The minimum atomic E-state index is 0.358. The molecule has 0 aliphatic heterocycles. The molecule has 102 valence electrons. The van der Waals surface area contributed by atoms with Crippen LogP contribution >= 0.6 is 0 Å². The van der Waals surface area contributed by atoms with Crippen LogP contribution < -0.4 is 10.1 Å². The van der Waals surface area contributed by atoms with Gasteiger partial charge in [-0.1, -0.05) is 20.8 Å². The third-order valence-electron chi connectivity index (χ3n) is 3.21. The van der Waals surface area contributed by atoms with Crippen LogP contribution in [0.25, 0.3) is 0 Å². The molecule has 0 saturated carbocycles. The number of methoxy groups -OCH3 is 1. The fourth-order valence-corrected chi connectivity index (χ4v) is 2.11. The van der Waals surface area contributed by atoms with Gasteiger partial charge in [-0.3, -0.25) is 0 Å². The molecule has 4 nitrogen and oxygen atoms in total. The molecule has 0 saturated heterocycles. The van der Waals surface area contributed by atoms with Gasteiger partial charge in [0.1, 0.15) is 5.82 Å². The van der Waals surface area contributed by atoms with E-state index in [0.29, 0.717) is 17.8 Å². The summed E-state index contributed by atoms with van der Waals surface area (Å²) in [6.07, 6.45) is 2.24. The van der Waals surface area contributed by atoms with Crippen molar-refractivity contribution < 1.29 is 4.74 Å². The SMILES string of the molecule is CCCNC(CC)C(C)c1cc(OC)nc(C)n1. The van der Waals surface area contributed by atoms with Crippen molar-refractivity contribution in [3.63, 3.8) is 0 Å². The smallest absolute Gasteiger partial charge is 0.216 e. The predicted molar refractivity (Wildman–Crippen MR) is 74.1 cm³/mol. The van der Waals surface area contributed by atoms with Gasteiger partial charge in [-0.15, -0.1) is 0 Å². The summed E-state index contributed by atoms with van der Waals surface area (Å²) < 4.78 is 5.21. The summed E-state index contributed by atoms with van der Waals surface area (Å²) >= 11 is 0. The highest BCUT2D eigenvalue weighted by Crippen LogP contribution is 2.22. The molecule has 0 aliphatic carbocycles. The third-order valence-corrected chi connectivity index (χ3v) is 3.21. The Labute approximate surface area is 110 Å². The van der Waals surface area contributed by atoms with Crippen molar-refractivity contribution in [3.8, 4) is 5.88 Å². The van der Waals surface area contributed by atoms with Gasteiger partial charge in [0.15, 0.2) is 0 Å². The Balaban J connectivity index is 2.86. The second-order valence-corrected chi connectivity index (χ2v) is 4.64. The molecule has 0 aliphatic rings. The first-order valence-corrected chi connectivity index (χ1v) is 6.75. The van der Waals surface area contributed by atoms with Gasteiger partial charge in [0.25, 0.3) is 0 Å². The highest BCUT2D eigenvalue weighted by Gasteiger charge is 2.19. The molecule has 0 bridgehead atoms. The maximum absolute atomic E-state index is 5.21. The van der Waals surface area contributed by atoms with Gasteiger partial charge in [0.2, 0.25) is 5.88 Å². The van der Waals surface area contributed by atoms with Crippen LogP contribution in [0.5, 0.6) is 5.88 Å². The first kappa shape index (κ1) is 14.9. The molecule has 1 aromatic heterocycles. The molecule has 0 radical (unpaired) electrons. The van der Waals surface area contributed by atoms with Gasteiger partial charge in [-0.2, -0.15) is 4.98 Å². The number of aryl methyl sites for hydroxylation is 1. The molecule has 0 fully saturated rings. The maximum atomic E-state index is 5.21. The zero-order chi connectivity index (χ0) is 13.5. The van der Waals surface area contributed by atoms with Crippen LogP contribution in [0.3, 0.4) is 0 Å². The fraction of sp³-hybridized carbons (Fsp3) is 0.714. The van der Waals surface area contributed by atoms with E-state index < -0.39 is 0 Å². The molecule has 2 atom stereocenters. The lowest BCUT2D eigenvalue weighted by Gasteiger charge is -2.24. The van der Waals surface area contributed by atoms with Crippen molar-refractivity contribution in [2.24, 2.45) is 0 Å². The van der Waals surface area contributed by atoms with Gasteiger partial charge in [-0.05, 0) is 26.3 Å². The molecular formula is C14H25N3O. The van der Waals surface area contributed by atoms with E-state index in [4.69, 9.17) is 4.74 Å². The van der Waals surface area contributed by atoms with Crippen molar-refractivity contribution in [3.05, 3.63) is 17.6 Å². The van der Waals surface area contributed by atoms with Crippen molar-refractivity contribution in [2.75, 3.05) is 13.7 Å². The zero-order valence-corrected chi connectivity index (χ0v) is 12.2. The van der Waals surface area contributed by atoms with E-state index in [0.717, 1.165) is 30.9 Å². The van der Waals surface area contributed by atoms with Crippen molar-refractivity contribution in [2.45, 2.75) is 52.5 Å². The Morgan fingerprint density at radius 2 is 2.06 bits per heavy atom. The van der Waals surface area contributed by atoms with E-state index in [1.807, 2.05) is 13.0 Å². The van der Waals surface area contributed by atoms with Crippen LogP contribution in [0, 0.1) is 6.92 Å². The zero-order valence-electron chi connectivity index (χ0n) is 12.2. The van der Waals surface area contributed by atoms with Gasteiger partial charge < -0.3 is 10.1 Å². The Morgan fingerprint density at radius 3 is 2.61 bits per heavy atom. The monoisotopic (exact) mass is 251 g/mol. The average molecular weight is 251 g/mol. The molecule has 0 spiro atoms. The second kappa shape index (κ2) is 7.31. The quantitative estimate of drug-likeness (QED) is 0.809. The normalized spacial score (nSPS) is 14.3. The fourth-order valence-electron chi connectivity index (χ4n) is 2.11. The van der Waals surface area contributed by atoms with Crippen LogP contribution in [0.1, 0.15) is 51.0 Å². The van der Waals surface area contributed by atoms with Gasteiger partial charge in [0.05, 0.1) is 12.8 Å². The standard InChI is InChI=1S/C14H25N3O/c1-6-8-15-12(7-2)10(3)13-9-14(18-5)17-11(4)16-13/h9-10,12,15H,6-8H2,1-5H3. The van der Waals surface area contributed by atoms with Gasteiger partial charge in [0, 0.05) is 18.0 Å². The summed E-state index contributed by atoms with van der Waals surface area (Å²) in [5, 5.41) is 3.57. The Morgan fingerprint density at radius 1 is 1.33 bits per heavy atom. The second-order valence-electron chi connectivity index (χ2n) is 4.64. The number of hydrogen-bond acceptors (Lipinski definition) is 4. The molecular weight excluding hydrogens is 226 g/mol. The summed E-state index contributed by atoms with van der Waals surface area (Å²) in [5.41, 5.74) is 1.05. The maximum Gasteiger partial charge on any atom is 0.216 e. The molecule has 1 N–H and O–H groups in total. The highest BCUT2D eigenvalue weighted by atomic mass is 16.5. The largest absolute Gasteiger partial charge is 0.481 e. The molecule has 1 rings (SSSR count). The first-order chi connectivity index (χ1) is 8.62. The lowest BCUT2D eigenvalue weighted by molar-refractivity contribution is 0.389. The van der Waals surface area contributed by atoms with E-state index in [2.05, 4.69) is 36.1 Å². The lowest BCUT2D eigenvalue weighted by atomic mass is 9.95. The number of hydrogen-bond donors (Lipinski definition) is 1. The number of rotatable bonds is 7. The molecule has 4 heteroatoms. The topological polar surface area (TPSA) is 47.0 Å². The van der Waals surface area contributed by atoms with Crippen molar-refractivity contribution in [1.82, 2.24) is 15.3 Å². The third kappa shape index (κ3) is 3.95. The van der Waals surface area contributed by atoms with E-state index in [1.54, 1.807) is 7.11 Å². The minimum absolute atomic E-state index is 0.358.